The van der Waals surface area contributed by atoms with E-state index in [2.05, 4.69) is 11.8 Å². The molecule has 0 radical (unpaired) electrons. The highest BCUT2D eigenvalue weighted by molar-refractivity contribution is 5.35. The van der Waals surface area contributed by atoms with Gasteiger partial charge in [0.1, 0.15) is 0 Å². The van der Waals surface area contributed by atoms with Crippen molar-refractivity contribution in [1.29, 1.82) is 0 Å². The van der Waals surface area contributed by atoms with Crippen LogP contribution in [0.15, 0.2) is 24.3 Å². The van der Waals surface area contributed by atoms with Crippen molar-refractivity contribution in [3.8, 4) is 0 Å². The van der Waals surface area contributed by atoms with E-state index >= 15 is 0 Å². The molecule has 2 fully saturated rings. The number of rotatable bonds is 4. The second-order valence-electron chi connectivity index (χ2n) is 6.01. The van der Waals surface area contributed by atoms with Crippen LogP contribution in [-0.4, -0.2) is 42.4 Å². The van der Waals surface area contributed by atoms with Gasteiger partial charge in [-0.25, -0.2) is 0 Å². The van der Waals surface area contributed by atoms with Crippen molar-refractivity contribution in [1.82, 2.24) is 4.90 Å². The second kappa shape index (κ2) is 6.73. The van der Waals surface area contributed by atoms with Gasteiger partial charge in [-0.3, -0.25) is 15.0 Å². The third-order valence-electron chi connectivity index (χ3n) is 4.72. The molecule has 2 saturated heterocycles. The van der Waals surface area contributed by atoms with Crippen LogP contribution < -0.4 is 0 Å². The van der Waals surface area contributed by atoms with E-state index in [-0.39, 0.29) is 22.9 Å². The minimum Gasteiger partial charge on any atom is -0.350 e. The van der Waals surface area contributed by atoms with Crippen molar-refractivity contribution < 1.29 is 14.4 Å². The predicted octanol–water partition coefficient (Wildman–Crippen LogP) is 2.74. The average molecular weight is 306 g/mol. The molecule has 0 amide bonds. The Morgan fingerprint density at radius 1 is 1.27 bits per heavy atom. The van der Waals surface area contributed by atoms with Gasteiger partial charge in [-0.15, -0.1) is 0 Å². The quantitative estimate of drug-likeness (QED) is 0.632. The standard InChI is InChI=1S/C16H22N2O4/c1-12(14-3-2-4-15(11-14)18(19)20)17-7-5-13(6-8-17)16-21-9-10-22-16/h2-4,11-13,16H,5-10H2,1H3. The maximum absolute atomic E-state index is 10.9. The molecule has 0 saturated carbocycles. The molecular formula is C16H22N2O4. The van der Waals surface area contributed by atoms with Crippen molar-refractivity contribution in [2.24, 2.45) is 5.92 Å². The maximum Gasteiger partial charge on any atom is 0.269 e. The molecule has 22 heavy (non-hydrogen) atoms. The molecule has 0 aromatic heterocycles. The molecule has 0 aliphatic carbocycles. The summed E-state index contributed by atoms with van der Waals surface area (Å²) in [5.41, 5.74) is 1.16. The Labute approximate surface area is 130 Å². The largest absolute Gasteiger partial charge is 0.350 e. The Hall–Kier alpha value is -1.50. The van der Waals surface area contributed by atoms with Gasteiger partial charge in [0.2, 0.25) is 0 Å². The first-order valence-corrected chi connectivity index (χ1v) is 7.87. The fraction of sp³-hybridized carbons (Fsp3) is 0.625. The number of nitro benzene ring substituents is 1. The lowest BCUT2D eigenvalue weighted by atomic mass is 9.94. The molecule has 2 aliphatic rings. The molecule has 0 N–H and O–H groups in total. The van der Waals surface area contributed by atoms with E-state index in [4.69, 9.17) is 9.47 Å². The smallest absolute Gasteiger partial charge is 0.269 e. The van der Waals surface area contributed by atoms with Crippen LogP contribution >= 0.6 is 0 Å². The highest BCUT2D eigenvalue weighted by atomic mass is 16.7. The molecule has 1 atom stereocenters. The normalized spacial score (nSPS) is 22.8. The van der Waals surface area contributed by atoms with Gasteiger partial charge in [0.25, 0.3) is 5.69 Å². The monoisotopic (exact) mass is 306 g/mol. The highest BCUT2D eigenvalue weighted by Gasteiger charge is 2.32. The van der Waals surface area contributed by atoms with E-state index in [1.807, 2.05) is 6.07 Å². The first kappa shape index (κ1) is 15.4. The molecule has 2 aliphatic heterocycles. The fourth-order valence-corrected chi connectivity index (χ4v) is 3.34. The Morgan fingerprint density at radius 3 is 2.59 bits per heavy atom. The van der Waals surface area contributed by atoms with Crippen LogP contribution in [0.4, 0.5) is 5.69 Å². The van der Waals surface area contributed by atoms with Crippen molar-refractivity contribution in [2.75, 3.05) is 26.3 Å². The van der Waals surface area contributed by atoms with Crippen molar-refractivity contribution in [3.63, 3.8) is 0 Å². The summed E-state index contributed by atoms with van der Waals surface area (Å²) in [6.45, 7) is 5.46. The lowest BCUT2D eigenvalue weighted by molar-refractivity contribution is -0.385. The van der Waals surface area contributed by atoms with Gasteiger partial charge in [0.05, 0.1) is 18.1 Å². The first-order chi connectivity index (χ1) is 10.6. The average Bonchev–Trinajstić information content (AvgIpc) is 3.09. The van der Waals surface area contributed by atoms with Crippen LogP contribution in [0.5, 0.6) is 0 Å². The first-order valence-electron chi connectivity index (χ1n) is 7.87. The van der Waals surface area contributed by atoms with Gasteiger partial charge in [-0.05, 0) is 38.4 Å². The zero-order valence-electron chi connectivity index (χ0n) is 12.8. The SMILES string of the molecule is CC(c1cccc([N+](=O)[O-])c1)N1CCC(C2OCCO2)CC1. The number of benzene rings is 1. The molecule has 2 heterocycles. The summed E-state index contributed by atoms with van der Waals surface area (Å²) in [5.74, 6) is 0.469. The van der Waals surface area contributed by atoms with E-state index in [0.29, 0.717) is 19.1 Å². The zero-order chi connectivity index (χ0) is 15.5. The van der Waals surface area contributed by atoms with E-state index in [0.717, 1.165) is 31.5 Å². The minimum atomic E-state index is -0.336. The summed E-state index contributed by atoms with van der Waals surface area (Å²) in [4.78, 5) is 12.9. The van der Waals surface area contributed by atoms with Crippen LogP contribution in [0, 0.1) is 16.0 Å². The maximum atomic E-state index is 10.9. The number of ether oxygens (including phenoxy) is 2. The number of hydrogen-bond acceptors (Lipinski definition) is 5. The lowest BCUT2D eigenvalue weighted by Gasteiger charge is -2.37. The molecule has 3 rings (SSSR count). The summed E-state index contributed by atoms with van der Waals surface area (Å²) < 4.78 is 11.2. The summed E-state index contributed by atoms with van der Waals surface area (Å²) in [6.07, 6.45) is 2.06. The van der Waals surface area contributed by atoms with E-state index in [1.54, 1.807) is 12.1 Å². The number of likely N-dealkylation sites (tertiary alicyclic amines) is 1. The number of piperidine rings is 1. The molecule has 1 aromatic rings. The van der Waals surface area contributed by atoms with Gasteiger partial charge in [0.15, 0.2) is 6.29 Å². The van der Waals surface area contributed by atoms with Crippen LogP contribution in [0.3, 0.4) is 0 Å². The third-order valence-corrected chi connectivity index (χ3v) is 4.72. The van der Waals surface area contributed by atoms with Crippen LogP contribution in [0.2, 0.25) is 0 Å². The van der Waals surface area contributed by atoms with Crippen molar-refractivity contribution in [2.45, 2.75) is 32.1 Å². The van der Waals surface area contributed by atoms with Crippen LogP contribution in [0.25, 0.3) is 0 Å². The van der Waals surface area contributed by atoms with Crippen molar-refractivity contribution in [3.05, 3.63) is 39.9 Å². The van der Waals surface area contributed by atoms with Crippen molar-refractivity contribution >= 4 is 5.69 Å². The van der Waals surface area contributed by atoms with Crippen LogP contribution in [0.1, 0.15) is 31.4 Å². The molecule has 0 bridgehead atoms. The Kier molecular flexibility index (Phi) is 4.71. The summed E-state index contributed by atoms with van der Waals surface area (Å²) in [5, 5.41) is 10.9. The number of nitrogens with zero attached hydrogens (tertiary/aromatic N) is 2. The summed E-state index contributed by atoms with van der Waals surface area (Å²) in [7, 11) is 0. The van der Waals surface area contributed by atoms with E-state index in [9.17, 15) is 10.1 Å². The Balaban J connectivity index is 1.60. The summed E-state index contributed by atoms with van der Waals surface area (Å²) >= 11 is 0. The zero-order valence-corrected chi connectivity index (χ0v) is 12.8. The van der Waals surface area contributed by atoms with Crippen LogP contribution in [-0.2, 0) is 9.47 Å². The predicted molar refractivity (Wildman–Crippen MR) is 81.5 cm³/mol. The highest BCUT2D eigenvalue weighted by Crippen LogP contribution is 2.31. The lowest BCUT2D eigenvalue weighted by Crippen LogP contribution is -2.39. The summed E-state index contributed by atoms with van der Waals surface area (Å²) in [6, 6.07) is 7.13. The molecule has 1 unspecified atom stereocenters. The topological polar surface area (TPSA) is 64.8 Å². The fourth-order valence-electron chi connectivity index (χ4n) is 3.34. The molecule has 1 aromatic carbocycles. The van der Waals surface area contributed by atoms with E-state index < -0.39 is 0 Å². The van der Waals surface area contributed by atoms with Gasteiger partial charge in [0, 0.05) is 24.1 Å². The number of hydrogen-bond donors (Lipinski definition) is 0. The number of non-ortho nitro benzene ring substituents is 1. The number of nitro groups is 1. The molecule has 0 spiro atoms. The van der Waals surface area contributed by atoms with Gasteiger partial charge < -0.3 is 9.47 Å². The Morgan fingerprint density at radius 2 is 1.95 bits per heavy atom. The van der Waals surface area contributed by atoms with Gasteiger partial charge in [-0.2, -0.15) is 0 Å². The Bertz CT molecular complexity index is 523. The molecule has 120 valence electrons. The van der Waals surface area contributed by atoms with Gasteiger partial charge >= 0.3 is 0 Å². The molecule has 6 nitrogen and oxygen atoms in total. The van der Waals surface area contributed by atoms with E-state index in [1.165, 1.54) is 6.07 Å². The second-order valence-corrected chi connectivity index (χ2v) is 6.01. The van der Waals surface area contributed by atoms with Gasteiger partial charge in [-0.1, -0.05) is 12.1 Å². The minimum absolute atomic E-state index is 0.0322. The molecule has 6 heteroatoms. The third kappa shape index (κ3) is 3.29. The molecular weight excluding hydrogens is 284 g/mol.